The number of aliphatic hydroxyl groups excluding tert-OH is 1. The topological polar surface area (TPSA) is 85.1 Å². The number of hydrogen-bond donors (Lipinski definition) is 2. The molecule has 3 aromatic heterocycles. The molecular weight excluding hydrogens is 482 g/mol. The number of fused-ring (bicyclic) bond motifs is 1. The van der Waals surface area contributed by atoms with Crippen LogP contribution in [0.15, 0.2) is 60.9 Å². The van der Waals surface area contributed by atoms with Gasteiger partial charge in [0.2, 0.25) is 0 Å². The first-order valence-electron chi connectivity index (χ1n) is 11.2. The monoisotopic (exact) mass is 505 g/mol. The van der Waals surface area contributed by atoms with Gasteiger partial charge in [0.05, 0.1) is 17.5 Å². The van der Waals surface area contributed by atoms with Crippen molar-refractivity contribution in [3.63, 3.8) is 0 Å². The molecule has 5 aromatic rings. The van der Waals surface area contributed by atoms with Crippen LogP contribution in [0.3, 0.4) is 0 Å². The van der Waals surface area contributed by atoms with Gasteiger partial charge in [-0.15, -0.1) is 11.3 Å². The van der Waals surface area contributed by atoms with Crippen LogP contribution >= 0.6 is 22.9 Å². The van der Waals surface area contributed by atoms with E-state index < -0.39 is 0 Å². The molecule has 7 nitrogen and oxygen atoms in total. The smallest absolute Gasteiger partial charge is 0.199 e. The number of nitrogens with one attached hydrogen (secondary N) is 1. The Labute approximate surface area is 212 Å². The van der Waals surface area contributed by atoms with Crippen molar-refractivity contribution < 1.29 is 9.84 Å². The third kappa shape index (κ3) is 4.36. The van der Waals surface area contributed by atoms with E-state index in [1.807, 2.05) is 54.2 Å². The van der Waals surface area contributed by atoms with Crippen molar-refractivity contribution in [2.24, 2.45) is 7.05 Å². The third-order valence-corrected chi connectivity index (χ3v) is 7.20. The molecule has 3 heterocycles. The lowest BCUT2D eigenvalue weighted by molar-refractivity contribution is 0.292. The molecule has 0 spiro atoms. The van der Waals surface area contributed by atoms with Crippen LogP contribution in [0.1, 0.15) is 6.42 Å². The highest BCUT2D eigenvalue weighted by atomic mass is 35.5. The molecule has 0 aliphatic carbocycles. The second-order valence-electron chi connectivity index (χ2n) is 7.94. The fourth-order valence-corrected chi connectivity index (χ4v) is 5.59. The molecule has 0 radical (unpaired) electrons. The summed E-state index contributed by atoms with van der Waals surface area (Å²) in [6.45, 7) is 0.662. The number of benzene rings is 2. The zero-order valence-electron chi connectivity index (χ0n) is 19.3. The second-order valence-corrected chi connectivity index (χ2v) is 9.31. The van der Waals surface area contributed by atoms with Gasteiger partial charge in [0.15, 0.2) is 11.6 Å². The molecule has 35 heavy (non-hydrogen) atoms. The van der Waals surface area contributed by atoms with Gasteiger partial charge in [-0.2, -0.15) is 0 Å². The summed E-state index contributed by atoms with van der Waals surface area (Å²) in [7, 11) is 3.53. The molecule has 178 valence electrons. The molecule has 0 aliphatic heterocycles. The summed E-state index contributed by atoms with van der Waals surface area (Å²) in [5.74, 6) is 2.51. The number of aryl methyl sites for hydroxylation is 1. The number of methoxy groups -OCH3 is 1. The Hall–Kier alpha value is -3.46. The summed E-state index contributed by atoms with van der Waals surface area (Å²) in [5.41, 5.74) is 2.90. The first kappa shape index (κ1) is 23.3. The molecule has 9 heteroatoms. The summed E-state index contributed by atoms with van der Waals surface area (Å²) in [4.78, 5) is 16.1. The quantitative estimate of drug-likeness (QED) is 0.256. The Morgan fingerprint density at radius 3 is 2.66 bits per heavy atom. The maximum Gasteiger partial charge on any atom is 0.199 e. The number of nitrogens with zero attached hydrogens (tertiary/aromatic N) is 4. The van der Waals surface area contributed by atoms with E-state index in [9.17, 15) is 5.11 Å². The Balaban J connectivity index is 1.83. The zero-order valence-corrected chi connectivity index (χ0v) is 20.9. The average Bonchev–Trinajstić information content (AvgIpc) is 3.48. The number of halogens is 1. The summed E-state index contributed by atoms with van der Waals surface area (Å²) in [5, 5.41) is 14.2. The molecule has 2 N–H and O–H groups in total. The Morgan fingerprint density at radius 1 is 1.11 bits per heavy atom. The van der Waals surface area contributed by atoms with E-state index in [4.69, 9.17) is 26.3 Å². The predicted octanol–water partition coefficient (Wildman–Crippen LogP) is 5.88. The maximum absolute atomic E-state index is 9.35. The normalized spacial score (nSPS) is 11.2. The summed E-state index contributed by atoms with van der Waals surface area (Å²) in [6, 6.07) is 15.9. The van der Waals surface area contributed by atoms with Crippen LogP contribution in [0.5, 0.6) is 5.75 Å². The highest BCUT2D eigenvalue weighted by molar-refractivity contribution is 7.22. The fraction of sp³-hybridized carbons (Fsp3) is 0.192. The van der Waals surface area contributed by atoms with Crippen molar-refractivity contribution in [2.45, 2.75) is 6.42 Å². The number of ether oxygens (including phenoxy) is 1. The van der Waals surface area contributed by atoms with E-state index in [-0.39, 0.29) is 6.61 Å². The van der Waals surface area contributed by atoms with Crippen molar-refractivity contribution in [3.8, 4) is 39.0 Å². The molecule has 0 unspecified atom stereocenters. The SMILES string of the molecule is COc1cccc(-c2sc3nc(-c4nccn4C)nc(NCCCO)c3c2-c2ccccc2)c1Cl. The Kier molecular flexibility index (Phi) is 6.68. The van der Waals surface area contributed by atoms with E-state index in [1.165, 1.54) is 0 Å². The number of rotatable bonds is 8. The molecule has 0 fully saturated rings. The van der Waals surface area contributed by atoms with Crippen LogP contribution < -0.4 is 10.1 Å². The lowest BCUT2D eigenvalue weighted by Crippen LogP contribution is -2.07. The zero-order chi connectivity index (χ0) is 24.4. The maximum atomic E-state index is 9.35. The van der Waals surface area contributed by atoms with Crippen LogP contribution in [-0.2, 0) is 7.05 Å². The van der Waals surface area contributed by atoms with Crippen LogP contribution in [0.25, 0.3) is 43.4 Å². The van der Waals surface area contributed by atoms with Gasteiger partial charge in [-0.3, -0.25) is 0 Å². The molecule has 5 rings (SSSR count). The van der Waals surface area contributed by atoms with E-state index >= 15 is 0 Å². The number of hydrogen-bond acceptors (Lipinski definition) is 7. The van der Waals surface area contributed by atoms with Crippen molar-refractivity contribution in [3.05, 3.63) is 65.9 Å². The largest absolute Gasteiger partial charge is 0.495 e. The van der Waals surface area contributed by atoms with Crippen LogP contribution in [0.4, 0.5) is 5.82 Å². The van der Waals surface area contributed by atoms with Gasteiger partial charge in [0, 0.05) is 48.6 Å². The predicted molar refractivity (Wildman–Crippen MR) is 142 cm³/mol. The first-order valence-corrected chi connectivity index (χ1v) is 12.4. The van der Waals surface area contributed by atoms with Crippen molar-refractivity contribution in [1.29, 1.82) is 0 Å². The number of anilines is 1. The summed E-state index contributed by atoms with van der Waals surface area (Å²) in [6.07, 6.45) is 4.20. The lowest BCUT2D eigenvalue weighted by Gasteiger charge is -2.12. The molecule has 0 amide bonds. The fourth-order valence-electron chi connectivity index (χ4n) is 4.01. The minimum absolute atomic E-state index is 0.0906. The van der Waals surface area contributed by atoms with Gasteiger partial charge in [0.25, 0.3) is 0 Å². The highest BCUT2D eigenvalue weighted by Crippen LogP contribution is 2.49. The third-order valence-electron chi connectivity index (χ3n) is 5.69. The number of thiophene rings is 1. The molecule has 0 bridgehead atoms. The van der Waals surface area contributed by atoms with Crippen molar-refractivity contribution in [2.75, 3.05) is 25.6 Å². The van der Waals surface area contributed by atoms with Gasteiger partial charge in [-0.1, -0.05) is 54.1 Å². The molecule has 2 aromatic carbocycles. The minimum atomic E-state index is 0.0906. The molecular formula is C26H24ClN5O2S. The number of imidazole rings is 1. The van der Waals surface area contributed by atoms with Gasteiger partial charge in [0.1, 0.15) is 16.4 Å². The van der Waals surface area contributed by atoms with Gasteiger partial charge < -0.3 is 19.7 Å². The molecule has 0 saturated heterocycles. The van der Waals surface area contributed by atoms with Gasteiger partial charge in [-0.25, -0.2) is 15.0 Å². The highest BCUT2D eigenvalue weighted by Gasteiger charge is 2.24. The molecule has 0 saturated carbocycles. The molecule has 0 atom stereocenters. The average molecular weight is 506 g/mol. The van der Waals surface area contributed by atoms with Crippen LogP contribution in [0, 0.1) is 0 Å². The van der Waals surface area contributed by atoms with Crippen LogP contribution in [0.2, 0.25) is 5.02 Å². The van der Waals surface area contributed by atoms with Crippen molar-refractivity contribution >= 4 is 39.0 Å². The standard InChI is InChI=1S/C26H24ClN5O2S/c1-32-14-13-29-25(32)24-30-23(28-12-7-15-33)20-19(16-8-4-3-5-9-16)22(35-26(20)31-24)17-10-6-11-18(34-2)21(17)27/h3-6,8-11,13-14,33H,7,12,15H2,1-2H3,(H,28,30,31). The minimum Gasteiger partial charge on any atom is -0.495 e. The lowest BCUT2D eigenvalue weighted by atomic mass is 9.99. The first-order chi connectivity index (χ1) is 17.1. The molecule has 0 aliphatic rings. The van der Waals surface area contributed by atoms with Gasteiger partial charge >= 0.3 is 0 Å². The van der Waals surface area contributed by atoms with E-state index in [0.717, 1.165) is 31.8 Å². The van der Waals surface area contributed by atoms with Gasteiger partial charge in [-0.05, 0) is 18.1 Å². The number of aliphatic hydroxyl groups is 1. The van der Waals surface area contributed by atoms with Crippen molar-refractivity contribution in [1.82, 2.24) is 19.5 Å². The van der Waals surface area contributed by atoms with E-state index in [2.05, 4.69) is 22.4 Å². The van der Waals surface area contributed by atoms with E-state index in [0.29, 0.717) is 41.2 Å². The Morgan fingerprint density at radius 2 is 1.94 bits per heavy atom. The van der Waals surface area contributed by atoms with Crippen LogP contribution in [-0.4, -0.2) is 44.9 Å². The number of aromatic nitrogens is 4. The van der Waals surface area contributed by atoms with E-state index in [1.54, 1.807) is 24.6 Å². The summed E-state index contributed by atoms with van der Waals surface area (Å²) >= 11 is 8.35. The second kappa shape index (κ2) is 10.0. The Bertz CT molecular complexity index is 1480. The summed E-state index contributed by atoms with van der Waals surface area (Å²) < 4.78 is 7.39.